The van der Waals surface area contributed by atoms with E-state index in [1.807, 2.05) is 4.57 Å². The molecule has 1 fully saturated rings. The highest BCUT2D eigenvalue weighted by Gasteiger charge is 2.26. The van der Waals surface area contributed by atoms with Gasteiger partial charge in [0.1, 0.15) is 17.3 Å². The Bertz CT molecular complexity index is 1260. The Balaban J connectivity index is 1.52. The molecule has 1 aliphatic rings. The molecule has 5 rings (SSSR count). The third-order valence-corrected chi connectivity index (χ3v) is 5.68. The molecule has 2 aromatic heterocycles. The summed E-state index contributed by atoms with van der Waals surface area (Å²) >= 11 is 0. The number of benzene rings is 2. The van der Waals surface area contributed by atoms with Gasteiger partial charge in [0.2, 0.25) is 5.82 Å². The molecule has 0 radical (unpaired) electrons. The lowest BCUT2D eigenvalue weighted by Crippen LogP contribution is -2.14. The summed E-state index contributed by atoms with van der Waals surface area (Å²) in [5.74, 6) is -1.17. The van der Waals surface area contributed by atoms with E-state index in [4.69, 9.17) is 0 Å². The van der Waals surface area contributed by atoms with Crippen LogP contribution >= 0.6 is 0 Å². The third-order valence-electron chi connectivity index (χ3n) is 5.68. The number of aromatic amines is 1. The van der Waals surface area contributed by atoms with Crippen molar-refractivity contribution in [2.75, 3.05) is 5.32 Å². The number of para-hydroxylation sites is 1. The first-order valence-corrected chi connectivity index (χ1v) is 10.4. The Morgan fingerprint density at radius 1 is 1.03 bits per heavy atom. The Labute approximate surface area is 182 Å². The lowest BCUT2D eigenvalue weighted by Gasteiger charge is -2.14. The van der Waals surface area contributed by atoms with Gasteiger partial charge >= 0.3 is 0 Å². The highest BCUT2D eigenvalue weighted by atomic mass is 19.1. The number of amides is 1. The fraction of sp³-hybridized carbons (Fsp3) is 0.217. The Hall–Kier alpha value is -3.88. The summed E-state index contributed by atoms with van der Waals surface area (Å²) in [6, 6.07) is 12.2. The fourth-order valence-corrected chi connectivity index (χ4v) is 4.09. The molecule has 2 N–H and O–H groups in total. The number of nitrogens with zero attached hydrogens (tertiary/aromatic N) is 4. The van der Waals surface area contributed by atoms with Crippen LogP contribution in [0.25, 0.3) is 22.8 Å². The Morgan fingerprint density at radius 2 is 1.78 bits per heavy atom. The van der Waals surface area contributed by atoms with Crippen LogP contribution in [0, 0.1) is 11.6 Å². The largest absolute Gasteiger partial charge is 0.324 e. The average Bonchev–Trinajstić information content (AvgIpc) is 3.55. The van der Waals surface area contributed by atoms with Crippen LogP contribution in [0.15, 0.2) is 54.9 Å². The molecule has 0 spiro atoms. The monoisotopic (exact) mass is 434 g/mol. The zero-order chi connectivity index (χ0) is 22.1. The molecule has 7 nitrogen and oxygen atoms in total. The molecule has 1 amide bonds. The summed E-state index contributed by atoms with van der Waals surface area (Å²) in [5, 5.41) is 10.7. The lowest BCUT2D eigenvalue weighted by atomic mass is 10.1. The first-order valence-electron chi connectivity index (χ1n) is 10.4. The van der Waals surface area contributed by atoms with E-state index in [2.05, 4.69) is 25.5 Å². The molecule has 2 heterocycles. The maximum atomic E-state index is 13.9. The van der Waals surface area contributed by atoms with E-state index in [1.165, 1.54) is 24.3 Å². The quantitative estimate of drug-likeness (QED) is 0.464. The van der Waals surface area contributed by atoms with Gasteiger partial charge in [-0.1, -0.05) is 25.0 Å². The lowest BCUT2D eigenvalue weighted by molar-refractivity contribution is 0.101. The zero-order valence-electron chi connectivity index (χ0n) is 17.1. The van der Waals surface area contributed by atoms with Crippen LogP contribution in [0.3, 0.4) is 0 Å². The molecule has 0 atom stereocenters. The molecule has 32 heavy (non-hydrogen) atoms. The first-order chi connectivity index (χ1) is 15.6. The number of carbonyl (C=O) groups excluding carboxylic acids is 1. The van der Waals surface area contributed by atoms with E-state index in [1.54, 1.807) is 30.6 Å². The highest BCUT2D eigenvalue weighted by molar-refractivity contribution is 6.01. The smallest absolute Gasteiger partial charge is 0.293 e. The third kappa shape index (κ3) is 3.77. The summed E-state index contributed by atoms with van der Waals surface area (Å²) in [7, 11) is 0. The molecule has 0 unspecified atom stereocenters. The van der Waals surface area contributed by atoms with Crippen LogP contribution in [0.5, 0.6) is 0 Å². The molecular formula is C23H20F2N6O. The van der Waals surface area contributed by atoms with Crippen molar-refractivity contribution in [1.29, 1.82) is 0 Å². The summed E-state index contributed by atoms with van der Waals surface area (Å²) < 4.78 is 29.4. The Morgan fingerprint density at radius 3 is 2.53 bits per heavy atom. The van der Waals surface area contributed by atoms with E-state index in [-0.39, 0.29) is 23.4 Å². The molecule has 9 heteroatoms. The second-order valence-corrected chi connectivity index (χ2v) is 7.75. The van der Waals surface area contributed by atoms with E-state index in [9.17, 15) is 13.6 Å². The number of carbonyl (C=O) groups is 1. The van der Waals surface area contributed by atoms with Crippen LogP contribution < -0.4 is 5.32 Å². The van der Waals surface area contributed by atoms with E-state index in [0.717, 1.165) is 31.2 Å². The molecular weight excluding hydrogens is 414 g/mol. The van der Waals surface area contributed by atoms with Gasteiger partial charge in [0.25, 0.3) is 5.91 Å². The summed E-state index contributed by atoms with van der Waals surface area (Å²) in [5.41, 5.74) is 2.08. The number of H-pyrrole nitrogens is 1. The number of hydrogen-bond donors (Lipinski definition) is 2. The SMILES string of the molecule is O=C(Nc1ccccc1F)c1nnc(-c2c(-c3ccc(F)cc3)ncn2C2CCCC2)[nH]1. The molecule has 2 aromatic carbocycles. The normalized spacial score (nSPS) is 14.1. The van der Waals surface area contributed by atoms with Gasteiger partial charge in [-0.15, -0.1) is 10.2 Å². The topological polar surface area (TPSA) is 88.5 Å². The standard InChI is InChI=1S/C23H20F2N6O/c24-15-11-9-14(10-12-15)19-20(31(13-26-19)16-5-1-2-6-16)21-28-22(30-29-21)23(32)27-18-8-4-3-7-17(18)25/h3-4,7-13,16H,1-2,5-6H2,(H,27,32)(H,28,29,30). The number of halogens is 2. The summed E-state index contributed by atoms with van der Waals surface area (Å²) in [6.07, 6.45) is 6.04. The number of aromatic nitrogens is 5. The van der Waals surface area contributed by atoms with Crippen LogP contribution in [0.4, 0.5) is 14.5 Å². The Kier molecular flexibility index (Phi) is 5.22. The minimum Gasteiger partial charge on any atom is -0.324 e. The molecule has 1 aliphatic carbocycles. The predicted octanol–water partition coefficient (Wildman–Crippen LogP) is 4.98. The summed E-state index contributed by atoms with van der Waals surface area (Å²) in [6.45, 7) is 0. The van der Waals surface area contributed by atoms with Crippen molar-refractivity contribution in [2.45, 2.75) is 31.7 Å². The van der Waals surface area contributed by atoms with E-state index >= 15 is 0 Å². The number of hydrogen-bond acceptors (Lipinski definition) is 4. The summed E-state index contributed by atoms with van der Waals surface area (Å²) in [4.78, 5) is 20.1. The van der Waals surface area contributed by atoms with Crippen molar-refractivity contribution in [3.63, 3.8) is 0 Å². The molecule has 1 saturated carbocycles. The van der Waals surface area contributed by atoms with Crippen molar-refractivity contribution in [2.24, 2.45) is 0 Å². The van der Waals surface area contributed by atoms with E-state index in [0.29, 0.717) is 17.2 Å². The van der Waals surface area contributed by atoms with Gasteiger partial charge < -0.3 is 14.9 Å². The van der Waals surface area contributed by atoms with Crippen LogP contribution in [0.1, 0.15) is 42.3 Å². The van der Waals surface area contributed by atoms with Crippen molar-refractivity contribution < 1.29 is 13.6 Å². The van der Waals surface area contributed by atoms with Crippen molar-refractivity contribution in [1.82, 2.24) is 24.7 Å². The number of rotatable bonds is 5. The maximum absolute atomic E-state index is 13.9. The van der Waals surface area contributed by atoms with Crippen LogP contribution in [-0.2, 0) is 0 Å². The fourth-order valence-electron chi connectivity index (χ4n) is 4.09. The van der Waals surface area contributed by atoms with Gasteiger partial charge in [-0.3, -0.25) is 4.79 Å². The van der Waals surface area contributed by atoms with Gasteiger partial charge in [0.05, 0.1) is 17.7 Å². The number of imidazole rings is 1. The molecule has 4 aromatic rings. The molecule has 0 aliphatic heterocycles. The second-order valence-electron chi connectivity index (χ2n) is 7.75. The van der Waals surface area contributed by atoms with Crippen LogP contribution in [0.2, 0.25) is 0 Å². The molecule has 0 saturated heterocycles. The predicted molar refractivity (Wildman–Crippen MR) is 115 cm³/mol. The molecule has 0 bridgehead atoms. The minimum absolute atomic E-state index is 0.0486. The van der Waals surface area contributed by atoms with Crippen molar-refractivity contribution in [3.8, 4) is 22.8 Å². The average molecular weight is 434 g/mol. The first kappa shape index (κ1) is 20.0. The van der Waals surface area contributed by atoms with Gasteiger partial charge in [-0.2, -0.15) is 0 Å². The van der Waals surface area contributed by atoms with Gasteiger partial charge in [0.15, 0.2) is 5.82 Å². The van der Waals surface area contributed by atoms with Crippen LogP contribution in [-0.4, -0.2) is 30.6 Å². The van der Waals surface area contributed by atoms with Gasteiger partial charge in [0, 0.05) is 11.6 Å². The highest BCUT2D eigenvalue weighted by Crippen LogP contribution is 2.37. The second kappa shape index (κ2) is 8.33. The minimum atomic E-state index is -0.607. The number of anilines is 1. The number of nitrogens with one attached hydrogen (secondary N) is 2. The van der Waals surface area contributed by atoms with Gasteiger partial charge in [-0.25, -0.2) is 13.8 Å². The van der Waals surface area contributed by atoms with Gasteiger partial charge in [-0.05, 0) is 49.2 Å². The maximum Gasteiger partial charge on any atom is 0.293 e. The van der Waals surface area contributed by atoms with Crippen molar-refractivity contribution in [3.05, 3.63) is 72.3 Å². The van der Waals surface area contributed by atoms with E-state index < -0.39 is 11.7 Å². The van der Waals surface area contributed by atoms with Crippen molar-refractivity contribution >= 4 is 11.6 Å². The molecule has 162 valence electrons. The zero-order valence-corrected chi connectivity index (χ0v) is 17.1.